The quantitative estimate of drug-likeness (QED) is 0.555. The molecule has 34 heavy (non-hydrogen) atoms. The molecule has 2 aliphatic rings. The van der Waals surface area contributed by atoms with E-state index in [1.807, 2.05) is 25.1 Å². The topological polar surface area (TPSA) is 133 Å². The van der Waals surface area contributed by atoms with Crippen LogP contribution in [0.25, 0.3) is 0 Å². The molecule has 2 aromatic rings. The van der Waals surface area contributed by atoms with Gasteiger partial charge in [-0.2, -0.15) is 4.98 Å². The fraction of sp³-hybridized carbons (Fsp3) is 0.458. The minimum Gasteiger partial charge on any atom is -0.466 e. The molecule has 1 aromatic heterocycles. The van der Waals surface area contributed by atoms with E-state index in [0.717, 1.165) is 18.4 Å². The van der Waals surface area contributed by atoms with Gasteiger partial charge in [0.15, 0.2) is 0 Å². The zero-order valence-electron chi connectivity index (χ0n) is 19.3. The minimum absolute atomic E-state index is 0.0807. The number of hydrogen-bond donors (Lipinski definition) is 3. The Kier molecular flexibility index (Phi) is 6.95. The smallest absolute Gasteiger partial charge is 0.310 e. The first-order chi connectivity index (χ1) is 16.4. The van der Waals surface area contributed by atoms with Crippen LogP contribution in [-0.2, 0) is 25.5 Å². The highest BCUT2D eigenvalue weighted by atomic mass is 16.5. The summed E-state index contributed by atoms with van der Waals surface area (Å²) in [7, 11) is 0. The van der Waals surface area contributed by atoms with Crippen molar-refractivity contribution in [2.75, 3.05) is 35.2 Å². The number of aromatic amines is 1. The van der Waals surface area contributed by atoms with Crippen molar-refractivity contribution in [3.8, 4) is 0 Å². The van der Waals surface area contributed by atoms with Crippen molar-refractivity contribution in [2.45, 2.75) is 45.4 Å². The van der Waals surface area contributed by atoms with Gasteiger partial charge in [0.25, 0.3) is 5.56 Å². The number of esters is 1. The molecule has 1 fully saturated rings. The Hall–Kier alpha value is -3.69. The summed E-state index contributed by atoms with van der Waals surface area (Å²) in [6.45, 7) is 5.01. The summed E-state index contributed by atoms with van der Waals surface area (Å²) < 4.78 is 5.14. The number of carbonyl (C=O) groups is 3. The first kappa shape index (κ1) is 23.5. The van der Waals surface area contributed by atoms with Crippen molar-refractivity contribution >= 4 is 35.2 Å². The van der Waals surface area contributed by atoms with Crippen LogP contribution in [0.3, 0.4) is 0 Å². The molecule has 1 aromatic carbocycles. The molecule has 1 saturated heterocycles. The third kappa shape index (κ3) is 4.80. The van der Waals surface area contributed by atoms with E-state index in [2.05, 4.69) is 20.6 Å². The second-order valence-electron chi connectivity index (χ2n) is 8.49. The Morgan fingerprint density at radius 3 is 2.79 bits per heavy atom. The van der Waals surface area contributed by atoms with E-state index >= 15 is 0 Å². The highest BCUT2D eigenvalue weighted by Crippen LogP contribution is 2.31. The van der Waals surface area contributed by atoms with Gasteiger partial charge >= 0.3 is 5.97 Å². The Morgan fingerprint density at radius 2 is 2.03 bits per heavy atom. The van der Waals surface area contributed by atoms with Gasteiger partial charge in [0.05, 0.1) is 24.0 Å². The molecular formula is C24H29N5O5. The van der Waals surface area contributed by atoms with E-state index in [4.69, 9.17) is 4.74 Å². The second-order valence-corrected chi connectivity index (χ2v) is 8.49. The summed E-state index contributed by atoms with van der Waals surface area (Å²) in [5.41, 5.74) is 1.26. The number of piperidine rings is 1. The number of nitrogens with one attached hydrogen (secondary N) is 3. The summed E-state index contributed by atoms with van der Waals surface area (Å²) >= 11 is 0. The van der Waals surface area contributed by atoms with Gasteiger partial charge in [-0.1, -0.05) is 25.1 Å². The summed E-state index contributed by atoms with van der Waals surface area (Å²) in [4.78, 5) is 59.9. The summed E-state index contributed by atoms with van der Waals surface area (Å²) in [5.74, 6) is -2.03. The van der Waals surface area contributed by atoms with Crippen LogP contribution in [0, 0.1) is 5.92 Å². The van der Waals surface area contributed by atoms with Crippen LogP contribution in [0.1, 0.15) is 50.2 Å². The van der Waals surface area contributed by atoms with Crippen LogP contribution < -0.4 is 21.1 Å². The number of fused-ring (bicyclic) bond motifs is 1. The van der Waals surface area contributed by atoms with Gasteiger partial charge in [-0.25, -0.2) is 0 Å². The molecule has 0 aliphatic carbocycles. The van der Waals surface area contributed by atoms with E-state index in [0.29, 0.717) is 31.8 Å². The first-order valence-electron chi connectivity index (χ1n) is 11.7. The Morgan fingerprint density at radius 1 is 1.24 bits per heavy atom. The average Bonchev–Trinajstić information content (AvgIpc) is 2.83. The van der Waals surface area contributed by atoms with Gasteiger partial charge < -0.3 is 20.3 Å². The third-order valence-electron chi connectivity index (χ3n) is 6.25. The molecule has 3 heterocycles. The number of para-hydroxylation sites is 1. The zero-order valence-corrected chi connectivity index (χ0v) is 19.3. The molecule has 4 rings (SSSR count). The summed E-state index contributed by atoms with van der Waals surface area (Å²) in [6, 6.07) is 7.42. The number of hydrogen-bond acceptors (Lipinski definition) is 7. The monoisotopic (exact) mass is 467 g/mol. The lowest BCUT2D eigenvalue weighted by Gasteiger charge is -2.32. The van der Waals surface area contributed by atoms with Gasteiger partial charge in [0, 0.05) is 25.2 Å². The van der Waals surface area contributed by atoms with E-state index in [9.17, 15) is 19.2 Å². The van der Waals surface area contributed by atoms with Gasteiger partial charge in [-0.15, -0.1) is 0 Å². The van der Waals surface area contributed by atoms with Gasteiger partial charge in [-0.05, 0) is 37.8 Å². The lowest BCUT2D eigenvalue weighted by Crippen LogP contribution is -2.42. The number of amides is 2. The number of nitrogens with zero attached hydrogens (tertiary/aromatic N) is 2. The zero-order chi connectivity index (χ0) is 24.2. The number of aryl methyl sites for hydroxylation is 1. The predicted octanol–water partition coefficient (Wildman–Crippen LogP) is 2.18. The molecule has 0 radical (unpaired) electrons. The Balaban J connectivity index is 1.60. The normalized spacial score (nSPS) is 19.7. The van der Waals surface area contributed by atoms with Crippen LogP contribution in [-0.4, -0.2) is 47.4 Å². The number of benzene rings is 1. The molecule has 0 saturated carbocycles. The van der Waals surface area contributed by atoms with Crippen molar-refractivity contribution < 1.29 is 19.1 Å². The van der Waals surface area contributed by atoms with Crippen molar-refractivity contribution in [3.63, 3.8) is 0 Å². The van der Waals surface area contributed by atoms with Gasteiger partial charge in [0.2, 0.25) is 17.8 Å². The standard InChI is InChI=1S/C24H29N5O5/c1-3-14-8-5-6-10-17(14)25-21(31)16-12-18(30)26-20-19(16)22(32)28-24(27-20)29-11-7-9-15(13-29)23(33)34-4-2/h5-6,8,10,15-16H,3-4,7,9,11-13H2,1-2H3,(H,25,31)(H2,26,27,28,30,32). The number of aromatic nitrogens is 2. The van der Waals surface area contributed by atoms with Crippen LogP contribution in [0.5, 0.6) is 0 Å². The van der Waals surface area contributed by atoms with Crippen molar-refractivity contribution in [1.29, 1.82) is 0 Å². The number of ether oxygens (including phenoxy) is 1. The second kappa shape index (κ2) is 10.1. The van der Waals surface area contributed by atoms with Crippen molar-refractivity contribution in [1.82, 2.24) is 9.97 Å². The van der Waals surface area contributed by atoms with Crippen LogP contribution in [0.2, 0.25) is 0 Å². The maximum absolute atomic E-state index is 13.1. The highest BCUT2D eigenvalue weighted by Gasteiger charge is 2.36. The molecule has 0 bridgehead atoms. The lowest BCUT2D eigenvalue weighted by atomic mass is 9.92. The molecule has 10 heteroatoms. The van der Waals surface area contributed by atoms with Gasteiger partial charge in [-0.3, -0.25) is 24.2 Å². The van der Waals surface area contributed by atoms with E-state index in [1.54, 1.807) is 17.9 Å². The van der Waals surface area contributed by atoms with E-state index in [-0.39, 0.29) is 41.5 Å². The maximum Gasteiger partial charge on any atom is 0.310 e. The van der Waals surface area contributed by atoms with Crippen LogP contribution in [0.15, 0.2) is 29.1 Å². The molecule has 180 valence electrons. The summed E-state index contributed by atoms with van der Waals surface area (Å²) in [5, 5.41) is 5.50. The molecule has 2 aliphatic heterocycles. The molecule has 3 N–H and O–H groups in total. The molecule has 0 spiro atoms. The van der Waals surface area contributed by atoms with Crippen LogP contribution in [0.4, 0.5) is 17.5 Å². The molecular weight excluding hydrogens is 438 g/mol. The van der Waals surface area contributed by atoms with Gasteiger partial charge in [0.1, 0.15) is 5.82 Å². The maximum atomic E-state index is 13.1. The average molecular weight is 468 g/mol. The first-order valence-corrected chi connectivity index (χ1v) is 11.7. The molecule has 2 atom stereocenters. The SMILES string of the molecule is CCOC(=O)C1CCCN(c2nc3c(c(=O)[nH]2)C(C(=O)Nc2ccccc2CC)CC(=O)N3)C1. The largest absolute Gasteiger partial charge is 0.466 e. The van der Waals surface area contributed by atoms with Crippen LogP contribution >= 0.6 is 0 Å². The lowest BCUT2D eigenvalue weighted by molar-refractivity contribution is -0.148. The Labute approximate surface area is 197 Å². The van der Waals surface area contributed by atoms with Crippen molar-refractivity contribution in [2.24, 2.45) is 5.92 Å². The fourth-order valence-corrected chi connectivity index (χ4v) is 4.53. The highest BCUT2D eigenvalue weighted by molar-refractivity contribution is 6.04. The third-order valence-corrected chi connectivity index (χ3v) is 6.25. The Bertz CT molecular complexity index is 1160. The number of rotatable bonds is 6. The number of anilines is 3. The summed E-state index contributed by atoms with van der Waals surface area (Å²) in [6.07, 6.45) is 2.01. The molecule has 10 nitrogen and oxygen atoms in total. The number of H-pyrrole nitrogens is 1. The molecule has 2 amide bonds. The number of carbonyl (C=O) groups excluding carboxylic acids is 3. The van der Waals surface area contributed by atoms with Crippen molar-refractivity contribution in [3.05, 3.63) is 45.7 Å². The van der Waals surface area contributed by atoms with E-state index < -0.39 is 17.4 Å². The molecule has 2 unspecified atom stereocenters. The predicted molar refractivity (Wildman–Crippen MR) is 127 cm³/mol. The van der Waals surface area contributed by atoms with E-state index in [1.165, 1.54) is 0 Å². The fourth-order valence-electron chi connectivity index (χ4n) is 4.53. The minimum atomic E-state index is -0.965.